The van der Waals surface area contributed by atoms with Crippen LogP contribution in [0.25, 0.3) is 0 Å². The Bertz CT molecular complexity index is 428. The summed E-state index contributed by atoms with van der Waals surface area (Å²) in [5, 5.41) is 10.1. The molecule has 1 fully saturated rings. The molecule has 1 aromatic carbocycles. The van der Waals surface area contributed by atoms with Gasteiger partial charge in [-0.15, -0.1) is 0 Å². The smallest absolute Gasteiger partial charge is 0.126 e. The molecule has 0 radical (unpaired) electrons. The number of halogens is 2. The van der Waals surface area contributed by atoms with Crippen LogP contribution in [0.4, 0.5) is 8.78 Å². The van der Waals surface area contributed by atoms with Crippen LogP contribution >= 0.6 is 0 Å². The first-order chi connectivity index (χ1) is 10.1. The van der Waals surface area contributed by atoms with Crippen molar-refractivity contribution in [2.24, 2.45) is 0 Å². The van der Waals surface area contributed by atoms with Crippen LogP contribution in [0.1, 0.15) is 31.4 Å². The molecule has 0 amide bonds. The summed E-state index contributed by atoms with van der Waals surface area (Å²) in [6, 6.07) is 3.23. The molecule has 0 aromatic heterocycles. The van der Waals surface area contributed by atoms with Gasteiger partial charge in [0.25, 0.3) is 0 Å². The summed E-state index contributed by atoms with van der Waals surface area (Å²) in [6.07, 6.45) is 0.851. The first-order valence-electron chi connectivity index (χ1n) is 7.67. The number of hydrogen-bond acceptors (Lipinski definition) is 3. The standard InChI is InChI=1S/C16H24F2N2O/c1-2-4-19-6-8-20(9-7-19)5-3-16(21)13-10-14(17)12-15(18)11-13/h10-12,16,21H,2-9H2,1H3. The predicted octanol–water partition coefficient (Wildman–Crippen LogP) is 2.42. The van der Waals surface area contributed by atoms with Crippen molar-refractivity contribution in [3.05, 3.63) is 35.4 Å². The minimum Gasteiger partial charge on any atom is -0.388 e. The summed E-state index contributed by atoms with van der Waals surface area (Å²) in [5.74, 6) is -1.28. The Hall–Kier alpha value is -1.04. The second-order valence-corrected chi connectivity index (χ2v) is 5.69. The maximum absolute atomic E-state index is 13.1. The fourth-order valence-electron chi connectivity index (χ4n) is 2.79. The van der Waals surface area contributed by atoms with Gasteiger partial charge in [-0.2, -0.15) is 0 Å². The Labute approximate surface area is 125 Å². The molecule has 118 valence electrons. The molecular formula is C16H24F2N2O. The van der Waals surface area contributed by atoms with Crippen LogP contribution in [-0.2, 0) is 0 Å². The normalized spacial score (nSPS) is 18.9. The molecule has 1 aliphatic rings. The van der Waals surface area contributed by atoms with E-state index >= 15 is 0 Å². The van der Waals surface area contributed by atoms with Crippen molar-refractivity contribution in [3.63, 3.8) is 0 Å². The average molecular weight is 298 g/mol. The van der Waals surface area contributed by atoms with Crippen LogP contribution in [-0.4, -0.2) is 54.2 Å². The van der Waals surface area contributed by atoms with Crippen LogP contribution in [0, 0.1) is 11.6 Å². The Morgan fingerprint density at radius 3 is 2.05 bits per heavy atom. The Morgan fingerprint density at radius 1 is 1.00 bits per heavy atom. The molecule has 21 heavy (non-hydrogen) atoms. The molecule has 0 spiro atoms. The molecule has 0 aliphatic carbocycles. The Balaban J connectivity index is 1.78. The molecule has 0 saturated carbocycles. The molecule has 1 heterocycles. The summed E-state index contributed by atoms with van der Waals surface area (Å²) in [5.41, 5.74) is 0.317. The number of nitrogens with zero attached hydrogens (tertiary/aromatic N) is 2. The van der Waals surface area contributed by atoms with Gasteiger partial charge in [0.2, 0.25) is 0 Å². The van der Waals surface area contributed by atoms with Crippen molar-refractivity contribution in [1.29, 1.82) is 0 Å². The zero-order chi connectivity index (χ0) is 15.2. The maximum Gasteiger partial charge on any atom is 0.126 e. The molecule has 1 atom stereocenters. The van der Waals surface area contributed by atoms with Crippen LogP contribution in [0.3, 0.4) is 0 Å². The van der Waals surface area contributed by atoms with Crippen molar-refractivity contribution in [3.8, 4) is 0 Å². The van der Waals surface area contributed by atoms with E-state index in [1.165, 1.54) is 18.6 Å². The molecule has 1 saturated heterocycles. The van der Waals surface area contributed by atoms with Gasteiger partial charge >= 0.3 is 0 Å². The molecule has 1 aromatic rings. The van der Waals surface area contributed by atoms with Gasteiger partial charge < -0.3 is 14.9 Å². The third kappa shape index (κ3) is 5.02. The Kier molecular flexibility index (Phi) is 6.08. The fraction of sp³-hybridized carbons (Fsp3) is 0.625. The molecule has 1 unspecified atom stereocenters. The van der Waals surface area contributed by atoms with Crippen molar-refractivity contribution in [1.82, 2.24) is 9.80 Å². The number of hydrogen-bond donors (Lipinski definition) is 1. The molecular weight excluding hydrogens is 274 g/mol. The number of benzene rings is 1. The van der Waals surface area contributed by atoms with Gasteiger partial charge in [0.15, 0.2) is 0 Å². The van der Waals surface area contributed by atoms with E-state index < -0.39 is 17.7 Å². The lowest BCUT2D eigenvalue weighted by atomic mass is 10.1. The lowest BCUT2D eigenvalue weighted by Gasteiger charge is -2.34. The van der Waals surface area contributed by atoms with Crippen molar-refractivity contribution >= 4 is 0 Å². The highest BCUT2D eigenvalue weighted by atomic mass is 19.1. The quantitative estimate of drug-likeness (QED) is 0.874. The van der Waals surface area contributed by atoms with E-state index in [4.69, 9.17) is 0 Å². The van der Waals surface area contributed by atoms with E-state index in [2.05, 4.69) is 16.7 Å². The van der Waals surface area contributed by atoms with Crippen LogP contribution in [0.5, 0.6) is 0 Å². The zero-order valence-electron chi connectivity index (χ0n) is 12.6. The average Bonchev–Trinajstić information content (AvgIpc) is 2.45. The number of rotatable bonds is 6. The van der Waals surface area contributed by atoms with Gasteiger partial charge in [0.05, 0.1) is 6.10 Å². The van der Waals surface area contributed by atoms with E-state index in [1.54, 1.807) is 0 Å². The largest absolute Gasteiger partial charge is 0.388 e. The first-order valence-corrected chi connectivity index (χ1v) is 7.67. The minimum atomic E-state index is -0.816. The van der Waals surface area contributed by atoms with Crippen LogP contribution < -0.4 is 0 Å². The van der Waals surface area contributed by atoms with Crippen LogP contribution in [0.15, 0.2) is 18.2 Å². The third-order valence-corrected chi connectivity index (χ3v) is 3.99. The topological polar surface area (TPSA) is 26.7 Å². The van der Waals surface area contributed by atoms with Crippen LogP contribution in [0.2, 0.25) is 0 Å². The lowest BCUT2D eigenvalue weighted by molar-refractivity contribution is 0.102. The zero-order valence-corrected chi connectivity index (χ0v) is 12.6. The maximum atomic E-state index is 13.1. The van der Waals surface area contributed by atoms with Gasteiger partial charge in [-0.05, 0) is 37.1 Å². The highest BCUT2D eigenvalue weighted by Gasteiger charge is 2.18. The second kappa shape index (κ2) is 7.82. The summed E-state index contributed by atoms with van der Waals surface area (Å²) >= 11 is 0. The van der Waals surface area contributed by atoms with Crippen molar-refractivity contribution in [2.45, 2.75) is 25.9 Å². The summed E-state index contributed by atoms with van der Waals surface area (Å²) < 4.78 is 26.3. The SMILES string of the molecule is CCCN1CCN(CCC(O)c2cc(F)cc(F)c2)CC1. The molecule has 1 N–H and O–H groups in total. The monoisotopic (exact) mass is 298 g/mol. The van der Waals surface area contributed by atoms with Gasteiger partial charge in [0, 0.05) is 38.8 Å². The summed E-state index contributed by atoms with van der Waals surface area (Å²) in [4.78, 5) is 4.74. The van der Waals surface area contributed by atoms with Gasteiger partial charge in [-0.3, -0.25) is 0 Å². The highest BCUT2D eigenvalue weighted by molar-refractivity contribution is 5.20. The van der Waals surface area contributed by atoms with E-state index in [9.17, 15) is 13.9 Å². The molecule has 0 bridgehead atoms. The van der Waals surface area contributed by atoms with E-state index in [-0.39, 0.29) is 0 Å². The molecule has 1 aliphatic heterocycles. The molecule has 2 rings (SSSR count). The second-order valence-electron chi connectivity index (χ2n) is 5.69. The number of piperazine rings is 1. The summed E-state index contributed by atoms with van der Waals surface area (Å²) in [6.45, 7) is 8.16. The van der Waals surface area contributed by atoms with Gasteiger partial charge in [-0.1, -0.05) is 6.92 Å². The van der Waals surface area contributed by atoms with Gasteiger partial charge in [-0.25, -0.2) is 8.78 Å². The number of aliphatic hydroxyl groups is 1. The Morgan fingerprint density at radius 2 is 1.52 bits per heavy atom. The van der Waals surface area contributed by atoms with Crippen molar-refractivity contribution < 1.29 is 13.9 Å². The fourth-order valence-corrected chi connectivity index (χ4v) is 2.79. The lowest BCUT2D eigenvalue weighted by Crippen LogP contribution is -2.46. The predicted molar refractivity (Wildman–Crippen MR) is 79.1 cm³/mol. The van der Waals surface area contributed by atoms with E-state index in [0.29, 0.717) is 12.0 Å². The summed E-state index contributed by atoms with van der Waals surface area (Å²) in [7, 11) is 0. The first kappa shape index (κ1) is 16.3. The van der Waals surface area contributed by atoms with E-state index in [1.807, 2.05) is 0 Å². The number of aliphatic hydroxyl groups excluding tert-OH is 1. The van der Waals surface area contributed by atoms with Gasteiger partial charge in [0.1, 0.15) is 11.6 Å². The highest BCUT2D eigenvalue weighted by Crippen LogP contribution is 2.20. The molecule has 3 nitrogen and oxygen atoms in total. The minimum absolute atomic E-state index is 0.317. The van der Waals surface area contributed by atoms with Crippen molar-refractivity contribution in [2.75, 3.05) is 39.3 Å². The van der Waals surface area contributed by atoms with E-state index in [0.717, 1.165) is 45.3 Å². The third-order valence-electron chi connectivity index (χ3n) is 3.99. The molecule has 5 heteroatoms.